The summed E-state index contributed by atoms with van der Waals surface area (Å²) in [7, 11) is 0. The Morgan fingerprint density at radius 2 is 2.07 bits per heavy atom. The number of carbonyl (C=O) groups is 1. The lowest BCUT2D eigenvalue weighted by molar-refractivity contribution is -0.126. The average molecular weight is 390 g/mol. The minimum absolute atomic E-state index is 0.0454. The Hall–Kier alpha value is -1.73. The number of nitrogens with zero attached hydrogens (tertiary/aromatic N) is 4. The van der Waals surface area contributed by atoms with E-state index in [1.165, 1.54) is 0 Å². The Morgan fingerprint density at radius 1 is 1.25 bits per heavy atom. The number of aromatic nitrogens is 3. The number of carbonyl (C=O) groups excluding carboxylic acids is 1. The molecule has 1 aromatic rings. The standard InChI is InChI=1S/C21H35N5O2/c1-15(2)6-5-9-25-10-7-18-23-24-20(26(18)12-11-25)19(16(3)4)22-21(27)17-8-13-28-14-17/h5-6,15-17,19H,7-14H2,1-4H3,(H,22,27)/b6-5+/t17-,19+/m0/s1. The Kier molecular flexibility index (Phi) is 7.24. The largest absolute Gasteiger partial charge is 0.381 e. The highest BCUT2D eigenvalue weighted by Crippen LogP contribution is 2.24. The molecule has 7 nitrogen and oxygen atoms in total. The molecule has 3 rings (SSSR count). The van der Waals surface area contributed by atoms with Crippen LogP contribution in [0.5, 0.6) is 0 Å². The van der Waals surface area contributed by atoms with Crippen molar-refractivity contribution in [3.8, 4) is 0 Å². The molecule has 1 amide bonds. The first-order valence-electron chi connectivity index (χ1n) is 10.6. The normalized spacial score (nSPS) is 22.0. The fourth-order valence-corrected chi connectivity index (χ4v) is 3.83. The zero-order valence-electron chi connectivity index (χ0n) is 17.7. The molecule has 3 heterocycles. The van der Waals surface area contributed by atoms with Crippen LogP contribution < -0.4 is 5.32 Å². The molecule has 2 aliphatic heterocycles. The first-order chi connectivity index (χ1) is 13.5. The van der Waals surface area contributed by atoms with Crippen LogP contribution >= 0.6 is 0 Å². The molecule has 2 atom stereocenters. The second-order valence-corrected chi connectivity index (χ2v) is 8.64. The molecule has 0 aliphatic carbocycles. The summed E-state index contributed by atoms with van der Waals surface area (Å²) in [6, 6.07) is -0.123. The molecule has 2 aliphatic rings. The number of fused-ring (bicyclic) bond motifs is 1. The van der Waals surface area contributed by atoms with Crippen molar-refractivity contribution in [3.63, 3.8) is 0 Å². The zero-order valence-corrected chi connectivity index (χ0v) is 17.7. The molecule has 0 aromatic carbocycles. The lowest BCUT2D eigenvalue weighted by Gasteiger charge is -2.24. The van der Waals surface area contributed by atoms with Gasteiger partial charge in [0.05, 0.1) is 18.6 Å². The topological polar surface area (TPSA) is 72.3 Å². The summed E-state index contributed by atoms with van der Waals surface area (Å²) in [5, 5.41) is 12.2. The maximum absolute atomic E-state index is 12.7. The maximum atomic E-state index is 12.7. The number of allylic oxidation sites excluding steroid dienone is 1. The first kappa shape index (κ1) is 21.0. The molecule has 7 heteroatoms. The lowest BCUT2D eigenvalue weighted by Crippen LogP contribution is -2.38. The summed E-state index contributed by atoms with van der Waals surface area (Å²) in [5.74, 6) is 2.76. The van der Waals surface area contributed by atoms with Gasteiger partial charge in [-0.05, 0) is 18.3 Å². The van der Waals surface area contributed by atoms with Crippen molar-refractivity contribution in [2.45, 2.75) is 53.1 Å². The molecule has 156 valence electrons. The molecule has 0 spiro atoms. The van der Waals surface area contributed by atoms with Crippen molar-refractivity contribution in [2.75, 3.05) is 32.8 Å². The summed E-state index contributed by atoms with van der Waals surface area (Å²) in [6.07, 6.45) is 6.21. The van der Waals surface area contributed by atoms with E-state index in [0.717, 1.165) is 50.7 Å². The maximum Gasteiger partial charge on any atom is 0.226 e. The monoisotopic (exact) mass is 389 g/mol. The van der Waals surface area contributed by atoms with E-state index < -0.39 is 0 Å². The number of ether oxygens (including phenoxy) is 1. The molecule has 1 N–H and O–H groups in total. The van der Waals surface area contributed by atoms with Gasteiger partial charge in [-0.1, -0.05) is 39.8 Å². The third-order valence-corrected chi connectivity index (χ3v) is 5.58. The van der Waals surface area contributed by atoms with Crippen LogP contribution in [0.3, 0.4) is 0 Å². The summed E-state index contributed by atoms with van der Waals surface area (Å²) < 4.78 is 7.60. The van der Waals surface area contributed by atoms with E-state index in [-0.39, 0.29) is 23.8 Å². The van der Waals surface area contributed by atoms with Gasteiger partial charge in [0.1, 0.15) is 5.82 Å². The quantitative estimate of drug-likeness (QED) is 0.724. The molecular weight excluding hydrogens is 354 g/mol. The third kappa shape index (κ3) is 5.20. The van der Waals surface area contributed by atoms with Crippen molar-refractivity contribution in [3.05, 3.63) is 23.8 Å². The van der Waals surface area contributed by atoms with Crippen molar-refractivity contribution in [1.82, 2.24) is 25.0 Å². The van der Waals surface area contributed by atoms with Gasteiger partial charge in [-0.15, -0.1) is 10.2 Å². The Balaban J connectivity index is 1.68. The van der Waals surface area contributed by atoms with Crippen LogP contribution in [0.1, 0.15) is 51.8 Å². The van der Waals surface area contributed by atoms with Crippen LogP contribution in [0.2, 0.25) is 0 Å². The van der Waals surface area contributed by atoms with E-state index in [0.29, 0.717) is 19.1 Å². The number of amides is 1. The van der Waals surface area contributed by atoms with Crippen LogP contribution in [0.4, 0.5) is 0 Å². The number of nitrogens with one attached hydrogen (secondary N) is 1. The molecule has 1 saturated heterocycles. The minimum atomic E-state index is -0.123. The summed E-state index contributed by atoms with van der Waals surface area (Å²) in [6.45, 7) is 13.6. The molecular formula is C21H35N5O2. The van der Waals surface area contributed by atoms with Gasteiger partial charge < -0.3 is 14.6 Å². The van der Waals surface area contributed by atoms with Gasteiger partial charge in [0.15, 0.2) is 5.82 Å². The molecule has 0 unspecified atom stereocenters. The van der Waals surface area contributed by atoms with E-state index in [1.807, 2.05) is 0 Å². The Morgan fingerprint density at radius 3 is 2.75 bits per heavy atom. The van der Waals surface area contributed by atoms with E-state index in [1.54, 1.807) is 0 Å². The minimum Gasteiger partial charge on any atom is -0.381 e. The molecule has 28 heavy (non-hydrogen) atoms. The first-order valence-corrected chi connectivity index (χ1v) is 10.6. The van der Waals surface area contributed by atoms with E-state index >= 15 is 0 Å². The fourth-order valence-electron chi connectivity index (χ4n) is 3.83. The second-order valence-electron chi connectivity index (χ2n) is 8.64. The highest BCUT2D eigenvalue weighted by Gasteiger charge is 2.31. The molecule has 1 aromatic heterocycles. The predicted molar refractivity (Wildman–Crippen MR) is 109 cm³/mol. The summed E-state index contributed by atoms with van der Waals surface area (Å²) in [4.78, 5) is 15.1. The van der Waals surface area contributed by atoms with Gasteiger partial charge >= 0.3 is 0 Å². The van der Waals surface area contributed by atoms with Crippen molar-refractivity contribution in [1.29, 1.82) is 0 Å². The van der Waals surface area contributed by atoms with Crippen LogP contribution in [0.25, 0.3) is 0 Å². The van der Waals surface area contributed by atoms with Gasteiger partial charge in [-0.3, -0.25) is 9.69 Å². The molecule has 1 fully saturated rings. The van der Waals surface area contributed by atoms with Gasteiger partial charge in [0.2, 0.25) is 5.91 Å². The highest BCUT2D eigenvalue weighted by molar-refractivity contribution is 5.79. The third-order valence-electron chi connectivity index (χ3n) is 5.58. The SMILES string of the molecule is CC(C)/C=C/CN1CCc2nnc([C@H](NC(=O)[C@H]3CCOC3)C(C)C)n2CC1. The van der Waals surface area contributed by atoms with E-state index in [2.05, 4.69) is 64.8 Å². The van der Waals surface area contributed by atoms with Gasteiger partial charge in [-0.2, -0.15) is 0 Å². The highest BCUT2D eigenvalue weighted by atomic mass is 16.5. The molecule has 0 radical (unpaired) electrons. The number of hydrogen-bond acceptors (Lipinski definition) is 5. The van der Waals surface area contributed by atoms with Gasteiger partial charge in [-0.25, -0.2) is 0 Å². The van der Waals surface area contributed by atoms with Crippen LogP contribution in [0, 0.1) is 17.8 Å². The average Bonchev–Trinajstić information content (AvgIpc) is 3.27. The van der Waals surface area contributed by atoms with Crippen molar-refractivity contribution < 1.29 is 9.53 Å². The smallest absolute Gasteiger partial charge is 0.226 e. The Bertz CT molecular complexity index is 676. The van der Waals surface area contributed by atoms with Crippen molar-refractivity contribution >= 4 is 5.91 Å². The second kappa shape index (κ2) is 9.65. The lowest BCUT2D eigenvalue weighted by atomic mass is 10.0. The zero-order chi connectivity index (χ0) is 20.1. The van der Waals surface area contributed by atoms with E-state index in [4.69, 9.17) is 4.74 Å². The van der Waals surface area contributed by atoms with Crippen LogP contribution in [-0.2, 0) is 22.5 Å². The van der Waals surface area contributed by atoms with Gasteiger partial charge in [0, 0.05) is 39.2 Å². The Labute approximate surface area is 168 Å². The molecule has 0 saturated carbocycles. The summed E-state index contributed by atoms with van der Waals surface area (Å²) in [5.41, 5.74) is 0. The number of rotatable bonds is 7. The van der Waals surface area contributed by atoms with Crippen molar-refractivity contribution in [2.24, 2.45) is 17.8 Å². The van der Waals surface area contributed by atoms with Crippen LogP contribution in [0.15, 0.2) is 12.2 Å². The van der Waals surface area contributed by atoms with Crippen LogP contribution in [-0.4, -0.2) is 58.4 Å². The number of hydrogen-bond donors (Lipinski definition) is 1. The summed E-state index contributed by atoms with van der Waals surface area (Å²) >= 11 is 0. The fraction of sp³-hybridized carbons (Fsp3) is 0.762. The van der Waals surface area contributed by atoms with Gasteiger partial charge in [0.25, 0.3) is 0 Å². The predicted octanol–water partition coefficient (Wildman–Crippen LogP) is 2.20. The molecule has 0 bridgehead atoms. The van der Waals surface area contributed by atoms with E-state index in [9.17, 15) is 4.79 Å².